The summed E-state index contributed by atoms with van der Waals surface area (Å²) in [5, 5.41) is 14.3. The van der Waals surface area contributed by atoms with Gasteiger partial charge in [-0.1, -0.05) is 39.7 Å². The fraction of sp³-hybridized carbons (Fsp3) is 0.154. The maximum Gasteiger partial charge on any atom is 0.335 e. The molecule has 0 spiro atoms. The normalized spacial score (nSPS) is 11.3. The number of benzene rings is 3. The second-order valence-corrected chi connectivity index (χ2v) is 9.92. The molecular formula is C26H20Br2ClN3O5. The predicted molar refractivity (Wildman–Crippen MR) is 149 cm³/mol. The first kappa shape index (κ1) is 26.8. The molecule has 1 N–H and O–H groups in total. The molecule has 0 amide bonds. The summed E-state index contributed by atoms with van der Waals surface area (Å²) in [5.41, 5.74) is 1.64. The zero-order valence-electron chi connectivity index (χ0n) is 19.7. The van der Waals surface area contributed by atoms with Crippen LogP contribution in [0.1, 0.15) is 34.2 Å². The van der Waals surface area contributed by atoms with Gasteiger partial charge in [-0.15, -0.1) is 0 Å². The van der Waals surface area contributed by atoms with Gasteiger partial charge in [0.2, 0.25) is 0 Å². The molecule has 8 nitrogen and oxygen atoms in total. The Kier molecular flexibility index (Phi) is 8.31. The summed E-state index contributed by atoms with van der Waals surface area (Å²) < 4.78 is 14.2. The number of fused-ring (bicyclic) bond motifs is 1. The summed E-state index contributed by atoms with van der Waals surface area (Å²) >= 11 is 13.5. The maximum atomic E-state index is 13.1. The van der Waals surface area contributed by atoms with Crippen LogP contribution in [-0.2, 0) is 6.61 Å². The van der Waals surface area contributed by atoms with Crippen LogP contribution >= 0.6 is 43.5 Å². The summed E-state index contributed by atoms with van der Waals surface area (Å²) in [6.45, 7) is 3.95. The summed E-state index contributed by atoms with van der Waals surface area (Å²) in [4.78, 5) is 28.8. The molecular weight excluding hydrogens is 630 g/mol. The highest BCUT2D eigenvalue weighted by atomic mass is 79.9. The van der Waals surface area contributed by atoms with E-state index in [1.807, 2.05) is 13.0 Å². The Morgan fingerprint density at radius 1 is 1.19 bits per heavy atom. The molecule has 0 unspecified atom stereocenters. The highest BCUT2D eigenvalue weighted by Gasteiger charge is 2.18. The topological polar surface area (TPSA) is 103 Å². The minimum absolute atomic E-state index is 0.0771. The first-order valence-electron chi connectivity index (χ1n) is 11.0. The average molecular weight is 650 g/mol. The average Bonchev–Trinajstić information content (AvgIpc) is 2.87. The number of hydrogen-bond donors (Lipinski definition) is 1. The SMILES string of the molecule is CCOc1cc(C=Nn2c(C)nc3ccc(Br)cc3c2=O)c(Br)c(Cl)c1OCc1cccc(C(=O)O)c1. The smallest absolute Gasteiger partial charge is 0.335 e. The van der Waals surface area contributed by atoms with Gasteiger partial charge in [-0.3, -0.25) is 4.79 Å². The third-order valence-electron chi connectivity index (χ3n) is 5.30. The largest absolute Gasteiger partial charge is 0.490 e. The number of hydrogen-bond acceptors (Lipinski definition) is 6. The molecule has 0 saturated heterocycles. The van der Waals surface area contributed by atoms with Gasteiger partial charge < -0.3 is 14.6 Å². The van der Waals surface area contributed by atoms with Crippen LogP contribution in [-0.4, -0.2) is 33.6 Å². The molecule has 0 radical (unpaired) electrons. The highest BCUT2D eigenvalue weighted by molar-refractivity contribution is 9.10. The Morgan fingerprint density at radius 3 is 2.70 bits per heavy atom. The minimum Gasteiger partial charge on any atom is -0.490 e. The monoisotopic (exact) mass is 647 g/mol. The van der Waals surface area contributed by atoms with Gasteiger partial charge >= 0.3 is 5.97 Å². The predicted octanol–water partition coefficient (Wildman–Crippen LogP) is 6.44. The third-order valence-corrected chi connectivity index (χ3v) is 7.23. The van der Waals surface area contributed by atoms with Crippen molar-refractivity contribution in [2.75, 3.05) is 6.61 Å². The Hall–Kier alpha value is -3.21. The van der Waals surface area contributed by atoms with Gasteiger partial charge in [-0.25, -0.2) is 9.78 Å². The van der Waals surface area contributed by atoms with E-state index in [9.17, 15) is 14.7 Å². The zero-order chi connectivity index (χ0) is 26.7. The first-order valence-corrected chi connectivity index (χ1v) is 13.0. The van der Waals surface area contributed by atoms with Crippen molar-refractivity contribution in [3.63, 3.8) is 0 Å². The lowest BCUT2D eigenvalue weighted by atomic mass is 10.1. The summed E-state index contributed by atoms with van der Waals surface area (Å²) in [7, 11) is 0. The summed E-state index contributed by atoms with van der Waals surface area (Å²) in [6, 6.07) is 13.4. The van der Waals surface area contributed by atoms with Crippen molar-refractivity contribution in [2.45, 2.75) is 20.5 Å². The Morgan fingerprint density at radius 2 is 1.97 bits per heavy atom. The van der Waals surface area contributed by atoms with E-state index in [1.54, 1.807) is 37.3 Å². The van der Waals surface area contributed by atoms with Crippen LogP contribution < -0.4 is 15.0 Å². The molecule has 0 bridgehead atoms. The van der Waals surface area contributed by atoms with Crippen LogP contribution in [0.3, 0.4) is 0 Å². The van der Waals surface area contributed by atoms with E-state index in [-0.39, 0.29) is 22.8 Å². The molecule has 0 saturated carbocycles. The second kappa shape index (κ2) is 11.5. The van der Waals surface area contributed by atoms with Crippen molar-refractivity contribution in [1.29, 1.82) is 0 Å². The Bertz CT molecular complexity index is 1600. The zero-order valence-corrected chi connectivity index (χ0v) is 23.6. The van der Waals surface area contributed by atoms with Crippen molar-refractivity contribution in [3.05, 3.63) is 95.4 Å². The molecule has 1 aromatic heterocycles. The van der Waals surface area contributed by atoms with E-state index in [0.717, 1.165) is 4.47 Å². The molecule has 0 aliphatic rings. The van der Waals surface area contributed by atoms with Gasteiger partial charge in [-0.05, 0) is 71.7 Å². The molecule has 0 atom stereocenters. The number of nitrogens with zero attached hydrogens (tertiary/aromatic N) is 3. The van der Waals surface area contributed by atoms with Crippen molar-refractivity contribution in [3.8, 4) is 11.5 Å². The Balaban J connectivity index is 1.69. The number of rotatable bonds is 8. The Labute approximate surface area is 233 Å². The highest BCUT2D eigenvalue weighted by Crippen LogP contribution is 2.42. The fourth-order valence-electron chi connectivity index (χ4n) is 3.56. The quantitative estimate of drug-likeness (QED) is 0.221. The van der Waals surface area contributed by atoms with Gasteiger partial charge in [0.05, 0.1) is 29.3 Å². The number of ether oxygens (including phenoxy) is 2. The molecule has 37 heavy (non-hydrogen) atoms. The lowest BCUT2D eigenvalue weighted by Gasteiger charge is -2.16. The molecule has 4 rings (SSSR count). The molecule has 11 heteroatoms. The number of carboxylic acids is 1. The van der Waals surface area contributed by atoms with E-state index in [1.165, 1.54) is 23.0 Å². The molecule has 1 heterocycles. The number of halogens is 3. The summed E-state index contributed by atoms with van der Waals surface area (Å²) in [5.74, 6) is 0.0618. The van der Waals surface area contributed by atoms with Crippen molar-refractivity contribution in [2.24, 2.45) is 5.10 Å². The minimum atomic E-state index is -1.02. The molecule has 0 fully saturated rings. The van der Waals surface area contributed by atoms with Crippen LogP contribution in [0.15, 0.2) is 67.4 Å². The van der Waals surface area contributed by atoms with E-state index in [0.29, 0.717) is 50.4 Å². The molecule has 190 valence electrons. The van der Waals surface area contributed by atoms with E-state index < -0.39 is 5.97 Å². The van der Waals surface area contributed by atoms with Crippen molar-refractivity contribution in [1.82, 2.24) is 9.66 Å². The molecule has 0 aliphatic heterocycles. The van der Waals surface area contributed by atoms with E-state index in [2.05, 4.69) is 41.9 Å². The number of carbonyl (C=O) groups is 1. The van der Waals surface area contributed by atoms with Crippen LogP contribution in [0.25, 0.3) is 10.9 Å². The lowest BCUT2D eigenvalue weighted by molar-refractivity contribution is 0.0696. The van der Waals surface area contributed by atoms with Crippen LogP contribution in [0.2, 0.25) is 5.02 Å². The van der Waals surface area contributed by atoms with E-state index in [4.69, 9.17) is 21.1 Å². The van der Waals surface area contributed by atoms with Gasteiger partial charge in [0, 0.05) is 14.5 Å². The molecule has 4 aromatic rings. The lowest BCUT2D eigenvalue weighted by Crippen LogP contribution is -2.20. The number of carboxylic acid groups (broad SMARTS) is 1. The van der Waals surface area contributed by atoms with Crippen LogP contribution in [0.5, 0.6) is 11.5 Å². The number of aromatic carboxylic acids is 1. The van der Waals surface area contributed by atoms with Gasteiger partial charge in [0.25, 0.3) is 5.56 Å². The first-order chi connectivity index (χ1) is 17.7. The maximum absolute atomic E-state index is 13.1. The molecule has 3 aromatic carbocycles. The van der Waals surface area contributed by atoms with E-state index >= 15 is 0 Å². The van der Waals surface area contributed by atoms with Crippen LogP contribution in [0.4, 0.5) is 0 Å². The third kappa shape index (κ3) is 5.87. The number of aryl methyl sites for hydroxylation is 1. The van der Waals surface area contributed by atoms with Crippen LogP contribution in [0, 0.1) is 6.92 Å². The second-order valence-electron chi connectivity index (χ2n) is 7.83. The van der Waals surface area contributed by atoms with Gasteiger partial charge in [0.15, 0.2) is 11.5 Å². The fourth-order valence-corrected chi connectivity index (χ4v) is 4.58. The van der Waals surface area contributed by atoms with Gasteiger partial charge in [0.1, 0.15) is 17.5 Å². The van der Waals surface area contributed by atoms with Gasteiger partial charge in [-0.2, -0.15) is 9.78 Å². The van der Waals surface area contributed by atoms with Crippen molar-refractivity contribution >= 4 is 66.5 Å². The van der Waals surface area contributed by atoms with Crippen molar-refractivity contribution < 1.29 is 19.4 Å². The molecule has 0 aliphatic carbocycles. The summed E-state index contributed by atoms with van der Waals surface area (Å²) in [6.07, 6.45) is 1.48. The number of aromatic nitrogens is 2. The standard InChI is InChI=1S/C26H20Br2ClN3O5/c1-3-36-21-10-17(12-30-32-14(2)31-20-8-7-18(27)11-19(20)25(32)33)22(28)23(29)24(21)37-13-15-5-4-6-16(9-15)26(34)35/h4-12H,3,13H2,1-2H3,(H,34,35).